The molecule has 4 atom stereocenters. The van der Waals surface area contributed by atoms with Gasteiger partial charge in [0.15, 0.2) is 0 Å². The number of hydrogen-bond acceptors (Lipinski definition) is 4. The van der Waals surface area contributed by atoms with E-state index in [-0.39, 0.29) is 11.8 Å². The second-order valence-corrected chi connectivity index (χ2v) is 12.2. The van der Waals surface area contributed by atoms with Gasteiger partial charge in [-0.25, -0.2) is 13.1 Å². The van der Waals surface area contributed by atoms with Crippen LogP contribution in [0.4, 0.5) is 0 Å². The maximum Gasteiger partial charge on any atom is 0.255 e. The molecule has 2 aliphatic rings. The zero-order chi connectivity index (χ0) is 26.0. The highest BCUT2D eigenvalue weighted by molar-refractivity contribution is 7.88. The van der Waals surface area contributed by atoms with Gasteiger partial charge in [-0.15, -0.1) is 0 Å². The van der Waals surface area contributed by atoms with Crippen molar-refractivity contribution in [3.63, 3.8) is 0 Å². The first kappa shape index (κ1) is 26.9. The highest BCUT2D eigenvalue weighted by atomic mass is 35.5. The number of benzene rings is 2. The largest absolute Gasteiger partial charge is 0.356 e. The fraction of sp³-hybridized carbons (Fsp3) is 0.462. The molecule has 0 spiro atoms. The molecule has 1 aliphatic heterocycles. The SMILES string of the molecule is CCCNC(=O)[C@@H]1c2ccccc2C(=O)N([C@H]2CCCC[C@@H]2NS(C)(=O)=O)[C@H]1c1ccc(Cl)cc1Cl. The van der Waals surface area contributed by atoms with Gasteiger partial charge in [-0.05, 0) is 48.6 Å². The van der Waals surface area contributed by atoms with E-state index in [1.807, 2.05) is 19.1 Å². The standard InChI is InChI=1S/C26H31Cl2N3O4S/c1-3-14-29-25(32)23-17-8-4-5-9-18(17)26(33)31(24(23)19-13-12-16(27)15-20(19)28)22-11-7-6-10-21(22)30-36(2,34)35/h4-5,8-9,12-13,15,21-24,30H,3,6-7,10-11,14H2,1-2H3,(H,29,32)/t21-,22-,23+,24-/m0/s1. The highest BCUT2D eigenvalue weighted by Gasteiger charge is 2.49. The number of amides is 2. The van der Waals surface area contributed by atoms with Gasteiger partial charge in [0.05, 0.1) is 18.2 Å². The number of nitrogens with one attached hydrogen (secondary N) is 2. The lowest BCUT2D eigenvalue weighted by atomic mass is 9.76. The molecule has 1 saturated carbocycles. The molecular formula is C26H31Cl2N3O4S. The lowest BCUT2D eigenvalue weighted by Gasteiger charge is -2.49. The third-order valence-electron chi connectivity index (χ3n) is 6.94. The zero-order valence-electron chi connectivity index (χ0n) is 20.3. The van der Waals surface area contributed by atoms with Gasteiger partial charge in [0, 0.05) is 34.2 Å². The quantitative estimate of drug-likeness (QED) is 0.523. The van der Waals surface area contributed by atoms with Crippen molar-refractivity contribution in [2.75, 3.05) is 12.8 Å². The Morgan fingerprint density at radius 2 is 1.81 bits per heavy atom. The fourth-order valence-electron chi connectivity index (χ4n) is 5.49. The molecule has 7 nitrogen and oxygen atoms in total. The Balaban J connectivity index is 1.93. The van der Waals surface area contributed by atoms with E-state index >= 15 is 0 Å². The number of nitrogens with zero attached hydrogens (tertiary/aromatic N) is 1. The van der Waals surface area contributed by atoms with Crippen LogP contribution in [-0.4, -0.2) is 50.0 Å². The number of rotatable bonds is 7. The lowest BCUT2D eigenvalue weighted by molar-refractivity contribution is -0.124. The average molecular weight is 553 g/mol. The van der Waals surface area contributed by atoms with Gasteiger partial charge in [0.2, 0.25) is 15.9 Å². The van der Waals surface area contributed by atoms with Gasteiger partial charge in [-0.1, -0.05) is 67.2 Å². The van der Waals surface area contributed by atoms with E-state index in [2.05, 4.69) is 10.0 Å². The van der Waals surface area contributed by atoms with Crippen LogP contribution in [0.5, 0.6) is 0 Å². The maximum atomic E-state index is 14.1. The Labute approximate surface area is 222 Å². The van der Waals surface area contributed by atoms with Crippen LogP contribution >= 0.6 is 23.2 Å². The number of hydrogen-bond donors (Lipinski definition) is 2. The topological polar surface area (TPSA) is 95.6 Å². The van der Waals surface area contributed by atoms with E-state index in [9.17, 15) is 18.0 Å². The van der Waals surface area contributed by atoms with Crippen LogP contribution in [0.1, 0.15) is 72.5 Å². The second kappa shape index (κ2) is 11.1. The first-order chi connectivity index (χ1) is 17.1. The average Bonchev–Trinajstić information content (AvgIpc) is 2.82. The molecule has 0 radical (unpaired) electrons. The Kier molecular flexibility index (Phi) is 8.29. The Hall–Kier alpha value is -2.13. The van der Waals surface area contributed by atoms with Crippen molar-refractivity contribution in [1.82, 2.24) is 14.9 Å². The molecule has 4 rings (SSSR count). The van der Waals surface area contributed by atoms with Gasteiger partial charge in [-0.3, -0.25) is 9.59 Å². The minimum Gasteiger partial charge on any atom is -0.356 e. The number of carbonyl (C=O) groups excluding carboxylic acids is 2. The molecule has 0 aromatic heterocycles. The predicted octanol–water partition coefficient (Wildman–Crippen LogP) is 4.66. The summed E-state index contributed by atoms with van der Waals surface area (Å²) in [7, 11) is -3.52. The third-order valence-corrected chi connectivity index (χ3v) is 8.23. The Bertz CT molecular complexity index is 1250. The van der Waals surface area contributed by atoms with E-state index in [1.54, 1.807) is 35.2 Å². The molecule has 2 aromatic carbocycles. The molecule has 2 amide bonds. The Morgan fingerprint density at radius 3 is 2.50 bits per heavy atom. The summed E-state index contributed by atoms with van der Waals surface area (Å²) in [6, 6.07) is 10.5. The second-order valence-electron chi connectivity index (χ2n) is 9.53. The van der Waals surface area contributed by atoms with E-state index in [0.717, 1.165) is 25.5 Å². The van der Waals surface area contributed by atoms with E-state index in [1.165, 1.54) is 0 Å². The summed E-state index contributed by atoms with van der Waals surface area (Å²) in [4.78, 5) is 29.5. The molecule has 0 saturated heterocycles. The first-order valence-corrected chi connectivity index (χ1v) is 14.9. The fourth-order valence-corrected chi connectivity index (χ4v) is 6.83. The summed E-state index contributed by atoms with van der Waals surface area (Å²) in [6.45, 7) is 2.47. The van der Waals surface area contributed by atoms with Crippen molar-refractivity contribution >= 4 is 45.0 Å². The molecule has 10 heteroatoms. The van der Waals surface area contributed by atoms with Crippen LogP contribution in [-0.2, 0) is 14.8 Å². The van der Waals surface area contributed by atoms with Gasteiger partial charge in [0.25, 0.3) is 5.91 Å². The molecule has 2 aromatic rings. The summed E-state index contributed by atoms with van der Waals surface area (Å²) in [6.07, 6.45) is 4.77. The molecule has 1 aliphatic carbocycles. The number of sulfonamides is 1. The van der Waals surface area contributed by atoms with E-state index in [4.69, 9.17) is 23.2 Å². The molecule has 2 N–H and O–H groups in total. The van der Waals surface area contributed by atoms with Crippen molar-refractivity contribution in [3.05, 3.63) is 69.2 Å². The van der Waals surface area contributed by atoms with E-state index in [0.29, 0.717) is 46.1 Å². The molecule has 1 fully saturated rings. The van der Waals surface area contributed by atoms with Crippen LogP contribution in [0.15, 0.2) is 42.5 Å². The molecule has 1 heterocycles. The predicted molar refractivity (Wildman–Crippen MR) is 142 cm³/mol. The monoisotopic (exact) mass is 551 g/mol. The van der Waals surface area contributed by atoms with Crippen LogP contribution in [0.25, 0.3) is 0 Å². The van der Waals surface area contributed by atoms with Crippen LogP contribution < -0.4 is 10.0 Å². The minimum absolute atomic E-state index is 0.207. The highest BCUT2D eigenvalue weighted by Crippen LogP contribution is 2.47. The van der Waals surface area contributed by atoms with Gasteiger partial charge in [0.1, 0.15) is 0 Å². The smallest absolute Gasteiger partial charge is 0.255 e. The normalized spacial score (nSPS) is 24.3. The van der Waals surface area contributed by atoms with Crippen molar-refractivity contribution in [2.24, 2.45) is 0 Å². The molecule has 36 heavy (non-hydrogen) atoms. The van der Waals surface area contributed by atoms with Gasteiger partial charge < -0.3 is 10.2 Å². The molecular weight excluding hydrogens is 521 g/mol. The van der Waals surface area contributed by atoms with E-state index < -0.39 is 34.1 Å². The van der Waals surface area contributed by atoms with Crippen LogP contribution in [0.3, 0.4) is 0 Å². The maximum absolute atomic E-state index is 14.1. The van der Waals surface area contributed by atoms with Gasteiger partial charge in [-0.2, -0.15) is 0 Å². The summed E-state index contributed by atoms with van der Waals surface area (Å²) in [5, 5.41) is 3.80. The lowest BCUT2D eigenvalue weighted by Crippen LogP contribution is -2.59. The van der Waals surface area contributed by atoms with Crippen LogP contribution in [0.2, 0.25) is 10.0 Å². The summed E-state index contributed by atoms with van der Waals surface area (Å²) in [5.74, 6) is -1.18. The number of halogens is 2. The zero-order valence-corrected chi connectivity index (χ0v) is 22.7. The summed E-state index contributed by atoms with van der Waals surface area (Å²) >= 11 is 12.9. The third kappa shape index (κ3) is 5.57. The van der Waals surface area contributed by atoms with Crippen molar-refractivity contribution in [2.45, 2.75) is 63.1 Å². The summed E-state index contributed by atoms with van der Waals surface area (Å²) < 4.78 is 27.2. The summed E-state index contributed by atoms with van der Waals surface area (Å²) in [5.41, 5.74) is 1.68. The number of fused-ring (bicyclic) bond motifs is 1. The molecule has 194 valence electrons. The molecule has 0 unspecified atom stereocenters. The van der Waals surface area contributed by atoms with Gasteiger partial charge >= 0.3 is 0 Å². The van der Waals surface area contributed by atoms with Crippen molar-refractivity contribution in [3.8, 4) is 0 Å². The number of carbonyl (C=O) groups is 2. The van der Waals surface area contributed by atoms with Crippen molar-refractivity contribution in [1.29, 1.82) is 0 Å². The van der Waals surface area contributed by atoms with Crippen molar-refractivity contribution < 1.29 is 18.0 Å². The van der Waals surface area contributed by atoms with Crippen LogP contribution in [0, 0.1) is 0 Å². The minimum atomic E-state index is -3.52. The molecule has 0 bridgehead atoms. The Morgan fingerprint density at radius 1 is 1.08 bits per heavy atom. The first-order valence-electron chi connectivity index (χ1n) is 12.2.